The zero-order valence-electron chi connectivity index (χ0n) is 16.2. The average Bonchev–Trinajstić information content (AvgIpc) is 3.26. The highest BCUT2D eigenvalue weighted by atomic mass is 32.1. The van der Waals surface area contributed by atoms with Crippen molar-refractivity contribution in [3.8, 4) is 0 Å². The van der Waals surface area contributed by atoms with Crippen molar-refractivity contribution in [3.63, 3.8) is 0 Å². The molecular formula is C22H24FN3O2S. The number of halogens is 1. The molecule has 1 amide bonds. The van der Waals surface area contributed by atoms with Crippen LogP contribution in [0.3, 0.4) is 0 Å². The first kappa shape index (κ1) is 18.8. The third-order valence-corrected chi connectivity index (χ3v) is 7.31. The van der Waals surface area contributed by atoms with Crippen LogP contribution in [0.4, 0.5) is 10.1 Å². The zero-order chi connectivity index (χ0) is 19.8. The van der Waals surface area contributed by atoms with Crippen molar-refractivity contribution in [1.29, 1.82) is 0 Å². The van der Waals surface area contributed by atoms with Crippen molar-refractivity contribution in [3.05, 3.63) is 45.5 Å². The molecule has 2 aliphatic heterocycles. The highest BCUT2D eigenvalue weighted by molar-refractivity contribution is 7.12. The fourth-order valence-corrected chi connectivity index (χ4v) is 5.60. The molecule has 0 unspecified atom stereocenters. The summed E-state index contributed by atoms with van der Waals surface area (Å²) in [5, 5.41) is 8.21. The first-order valence-corrected chi connectivity index (χ1v) is 11.2. The summed E-state index contributed by atoms with van der Waals surface area (Å²) in [5.74, 6) is 0.213. The highest BCUT2D eigenvalue weighted by Crippen LogP contribution is 2.34. The van der Waals surface area contributed by atoms with Gasteiger partial charge < -0.3 is 14.7 Å². The lowest BCUT2D eigenvalue weighted by atomic mass is 9.91. The number of hydrogen-bond donors (Lipinski definition) is 1. The molecule has 5 nitrogen and oxygen atoms in total. The van der Waals surface area contributed by atoms with Crippen molar-refractivity contribution in [2.24, 2.45) is 0 Å². The standard InChI is InChI=1S/C22H24FN3O2S/c23-15-4-5-17-19(12-15)28-25-22(17)14-6-9-26(10-7-14)11-8-16-13-18-20(29-16)2-1-3-21(27)24-18/h4-5,12-14H,1-3,6-11H2,(H,24,27). The largest absolute Gasteiger partial charge is 0.356 e. The van der Waals surface area contributed by atoms with Crippen LogP contribution < -0.4 is 5.32 Å². The molecule has 0 bridgehead atoms. The minimum absolute atomic E-state index is 0.137. The molecule has 1 aromatic carbocycles. The molecule has 4 heterocycles. The van der Waals surface area contributed by atoms with Crippen LogP contribution in [0.15, 0.2) is 28.8 Å². The van der Waals surface area contributed by atoms with Gasteiger partial charge in [-0.25, -0.2) is 4.39 Å². The minimum atomic E-state index is -0.291. The lowest BCUT2D eigenvalue weighted by Crippen LogP contribution is -2.34. The summed E-state index contributed by atoms with van der Waals surface area (Å²) in [6.45, 7) is 3.09. The van der Waals surface area contributed by atoms with Gasteiger partial charge in [0, 0.05) is 40.1 Å². The van der Waals surface area contributed by atoms with E-state index in [4.69, 9.17) is 4.52 Å². The van der Waals surface area contributed by atoms with E-state index >= 15 is 0 Å². The van der Waals surface area contributed by atoms with E-state index in [-0.39, 0.29) is 11.7 Å². The van der Waals surface area contributed by atoms with Gasteiger partial charge in [-0.1, -0.05) is 5.16 Å². The monoisotopic (exact) mass is 413 g/mol. The Balaban J connectivity index is 1.17. The van der Waals surface area contributed by atoms with Crippen LogP contribution in [-0.2, 0) is 17.6 Å². The van der Waals surface area contributed by atoms with Crippen LogP contribution in [-0.4, -0.2) is 35.6 Å². The SMILES string of the molecule is O=C1CCCc2sc(CCN3CCC(c4noc5cc(F)ccc45)CC3)cc2N1. The van der Waals surface area contributed by atoms with E-state index < -0.39 is 0 Å². The van der Waals surface area contributed by atoms with Gasteiger partial charge >= 0.3 is 0 Å². The number of carbonyl (C=O) groups excluding carboxylic acids is 1. The molecule has 1 saturated heterocycles. The number of thiophene rings is 1. The maximum atomic E-state index is 13.4. The Morgan fingerprint density at radius 3 is 2.97 bits per heavy atom. The van der Waals surface area contributed by atoms with Gasteiger partial charge in [0.2, 0.25) is 5.91 Å². The molecule has 3 aromatic rings. The average molecular weight is 414 g/mol. The number of nitrogens with zero attached hydrogens (tertiary/aromatic N) is 2. The van der Waals surface area contributed by atoms with Crippen molar-refractivity contribution in [2.45, 2.75) is 44.4 Å². The van der Waals surface area contributed by atoms with Crippen molar-refractivity contribution < 1.29 is 13.7 Å². The number of carbonyl (C=O) groups is 1. The molecule has 0 saturated carbocycles. The molecule has 2 aliphatic rings. The van der Waals surface area contributed by atoms with E-state index in [1.165, 1.54) is 21.9 Å². The van der Waals surface area contributed by atoms with Crippen LogP contribution in [0.2, 0.25) is 0 Å². The first-order chi connectivity index (χ1) is 14.2. The van der Waals surface area contributed by atoms with Gasteiger partial charge in [-0.3, -0.25) is 4.79 Å². The second-order valence-corrected chi connectivity index (χ2v) is 9.25. The highest BCUT2D eigenvalue weighted by Gasteiger charge is 2.25. The summed E-state index contributed by atoms with van der Waals surface area (Å²) in [6.07, 6.45) is 5.66. The quantitative estimate of drug-likeness (QED) is 0.672. The van der Waals surface area contributed by atoms with Crippen LogP contribution in [0, 0.1) is 5.82 Å². The van der Waals surface area contributed by atoms with Gasteiger partial charge in [-0.05, 0) is 63.4 Å². The number of aryl methyl sites for hydroxylation is 1. The molecule has 0 spiro atoms. The summed E-state index contributed by atoms with van der Waals surface area (Å²) in [5.41, 5.74) is 2.53. The fraction of sp³-hybridized carbons (Fsp3) is 0.455. The van der Waals surface area contributed by atoms with Gasteiger partial charge in [0.25, 0.3) is 0 Å². The van der Waals surface area contributed by atoms with E-state index in [1.807, 2.05) is 11.3 Å². The topological polar surface area (TPSA) is 58.4 Å². The molecule has 1 fully saturated rings. The Labute approximate surface area is 172 Å². The van der Waals surface area contributed by atoms with Gasteiger partial charge in [0.1, 0.15) is 5.82 Å². The molecule has 152 valence electrons. The molecular weight excluding hydrogens is 389 g/mol. The molecule has 1 N–H and O–H groups in total. The van der Waals surface area contributed by atoms with E-state index in [2.05, 4.69) is 21.4 Å². The van der Waals surface area contributed by atoms with Crippen molar-refractivity contribution in [1.82, 2.24) is 10.1 Å². The van der Waals surface area contributed by atoms with Crippen LogP contribution in [0.25, 0.3) is 11.0 Å². The first-order valence-electron chi connectivity index (χ1n) is 10.3. The summed E-state index contributed by atoms with van der Waals surface area (Å²) < 4.78 is 18.7. The molecule has 0 atom stereocenters. The smallest absolute Gasteiger partial charge is 0.224 e. The number of hydrogen-bond acceptors (Lipinski definition) is 5. The van der Waals surface area contributed by atoms with E-state index in [0.29, 0.717) is 17.9 Å². The summed E-state index contributed by atoms with van der Waals surface area (Å²) in [4.78, 5) is 16.9. The lowest BCUT2D eigenvalue weighted by Gasteiger charge is -2.31. The normalized spacial score (nSPS) is 18.6. The number of anilines is 1. The Bertz CT molecular complexity index is 1040. The Morgan fingerprint density at radius 1 is 1.24 bits per heavy atom. The van der Waals surface area contributed by atoms with Crippen LogP contribution >= 0.6 is 11.3 Å². The van der Waals surface area contributed by atoms with E-state index in [1.54, 1.807) is 6.07 Å². The number of nitrogens with one attached hydrogen (secondary N) is 1. The second-order valence-electron chi connectivity index (χ2n) is 8.03. The van der Waals surface area contributed by atoms with Crippen LogP contribution in [0.5, 0.6) is 0 Å². The Hall–Kier alpha value is -2.25. The minimum Gasteiger partial charge on any atom is -0.356 e. The number of amides is 1. The predicted molar refractivity (Wildman–Crippen MR) is 112 cm³/mol. The molecule has 5 rings (SSSR count). The van der Waals surface area contributed by atoms with Crippen LogP contribution in [0.1, 0.15) is 47.0 Å². The van der Waals surface area contributed by atoms with Crippen molar-refractivity contribution >= 4 is 33.9 Å². The summed E-state index contributed by atoms with van der Waals surface area (Å²) in [7, 11) is 0. The van der Waals surface area contributed by atoms with E-state index in [9.17, 15) is 9.18 Å². The molecule has 0 radical (unpaired) electrons. The van der Waals surface area contributed by atoms with Gasteiger partial charge in [-0.2, -0.15) is 0 Å². The number of likely N-dealkylation sites (tertiary alicyclic amines) is 1. The number of fused-ring (bicyclic) bond motifs is 2. The number of aromatic nitrogens is 1. The molecule has 29 heavy (non-hydrogen) atoms. The Kier molecular flexibility index (Phi) is 5.09. The number of benzene rings is 1. The molecule has 2 aromatic heterocycles. The number of piperidine rings is 1. The predicted octanol–water partition coefficient (Wildman–Crippen LogP) is 4.73. The third kappa shape index (κ3) is 3.94. The molecule has 0 aliphatic carbocycles. The summed E-state index contributed by atoms with van der Waals surface area (Å²) in [6, 6.07) is 6.83. The Morgan fingerprint density at radius 2 is 2.10 bits per heavy atom. The number of rotatable bonds is 4. The maximum absolute atomic E-state index is 13.4. The van der Waals surface area contributed by atoms with Gasteiger partial charge in [0.05, 0.1) is 11.4 Å². The van der Waals surface area contributed by atoms with Crippen molar-refractivity contribution in [2.75, 3.05) is 25.0 Å². The lowest BCUT2D eigenvalue weighted by molar-refractivity contribution is -0.116. The fourth-order valence-electron chi connectivity index (χ4n) is 4.44. The third-order valence-electron chi connectivity index (χ3n) is 6.05. The second kappa shape index (κ2) is 7.88. The van der Waals surface area contributed by atoms with E-state index in [0.717, 1.165) is 68.5 Å². The van der Waals surface area contributed by atoms with Gasteiger partial charge in [0.15, 0.2) is 5.58 Å². The van der Waals surface area contributed by atoms with Gasteiger partial charge in [-0.15, -0.1) is 11.3 Å². The maximum Gasteiger partial charge on any atom is 0.224 e. The molecule has 7 heteroatoms. The summed E-state index contributed by atoms with van der Waals surface area (Å²) >= 11 is 1.85. The zero-order valence-corrected chi connectivity index (χ0v) is 17.1.